The van der Waals surface area contributed by atoms with Crippen LogP contribution in [0.3, 0.4) is 0 Å². The maximum absolute atomic E-state index is 12.1. The molecule has 2 N–H and O–H groups in total. The van der Waals surface area contributed by atoms with Gasteiger partial charge in [-0.2, -0.15) is 0 Å². The van der Waals surface area contributed by atoms with E-state index >= 15 is 0 Å². The van der Waals surface area contributed by atoms with Crippen LogP contribution in [0.25, 0.3) is 0 Å². The summed E-state index contributed by atoms with van der Waals surface area (Å²) >= 11 is 5.96. The van der Waals surface area contributed by atoms with Crippen LogP contribution in [0.15, 0.2) is 24.3 Å². The van der Waals surface area contributed by atoms with Crippen LogP contribution in [-0.4, -0.2) is 37.9 Å². The minimum Gasteiger partial charge on any atom is -0.351 e. The number of rotatable bonds is 5. The normalized spacial score (nSPS) is 23.0. The number of hydrogen-bond donors (Lipinski definition) is 2. The van der Waals surface area contributed by atoms with Crippen molar-refractivity contribution in [2.24, 2.45) is 0 Å². The number of hydrogen-bond acceptors (Lipinski definition) is 4. The predicted octanol–water partition coefficient (Wildman–Crippen LogP) is 1.68. The van der Waals surface area contributed by atoms with Crippen molar-refractivity contribution in [3.63, 3.8) is 0 Å². The molecule has 3 atom stereocenters. The fraction of sp³-hybridized carbons (Fsp3) is 0.533. The van der Waals surface area contributed by atoms with Gasteiger partial charge in [-0.05, 0) is 38.0 Å². The molecule has 0 bridgehead atoms. The Labute approximate surface area is 136 Å². The van der Waals surface area contributed by atoms with Gasteiger partial charge in [0, 0.05) is 17.1 Å². The molecular weight excluding hydrogens is 324 g/mol. The molecule has 0 aromatic heterocycles. The topological polar surface area (TPSA) is 75.3 Å². The van der Waals surface area contributed by atoms with Gasteiger partial charge in [-0.3, -0.25) is 10.1 Å². The standard InChI is InChI=1S/C15H21ClN2O3S/c1-10(12-4-3-5-13(16)8-12)17-11(2)15(19)18-14-6-7-22(20,21)9-14/h3-5,8,10-11,14,17H,6-7,9H2,1-2H3,(H,18,19)/t10-,11-,14-/m0/s1. The van der Waals surface area contributed by atoms with Gasteiger partial charge in [0.05, 0.1) is 17.5 Å². The molecule has 1 fully saturated rings. The van der Waals surface area contributed by atoms with Crippen molar-refractivity contribution >= 4 is 27.3 Å². The van der Waals surface area contributed by atoms with E-state index in [0.717, 1.165) is 5.56 Å². The highest BCUT2D eigenvalue weighted by atomic mass is 35.5. The lowest BCUT2D eigenvalue weighted by atomic mass is 10.1. The Bertz CT molecular complexity index is 648. The van der Waals surface area contributed by atoms with Crippen LogP contribution >= 0.6 is 11.6 Å². The van der Waals surface area contributed by atoms with Crippen molar-refractivity contribution in [1.82, 2.24) is 10.6 Å². The Kier molecular flexibility index (Phi) is 5.47. The Balaban J connectivity index is 1.88. The minimum atomic E-state index is -2.99. The SMILES string of the molecule is C[C@H](N[C@@H](C)c1cccc(Cl)c1)C(=O)N[C@H]1CCS(=O)(=O)C1. The van der Waals surface area contributed by atoms with Crippen molar-refractivity contribution in [2.75, 3.05) is 11.5 Å². The zero-order valence-electron chi connectivity index (χ0n) is 12.7. The first-order chi connectivity index (χ1) is 10.3. The van der Waals surface area contributed by atoms with Crippen LogP contribution < -0.4 is 10.6 Å². The molecule has 0 aliphatic carbocycles. The minimum absolute atomic E-state index is 0.0354. The van der Waals surface area contributed by atoms with Gasteiger partial charge in [0.15, 0.2) is 9.84 Å². The van der Waals surface area contributed by atoms with E-state index in [9.17, 15) is 13.2 Å². The number of sulfone groups is 1. The van der Waals surface area contributed by atoms with Crippen LogP contribution in [0.4, 0.5) is 0 Å². The summed E-state index contributed by atoms with van der Waals surface area (Å²) in [6, 6.07) is 6.73. The van der Waals surface area contributed by atoms with Gasteiger partial charge in [-0.25, -0.2) is 8.42 Å². The van der Waals surface area contributed by atoms with E-state index in [-0.39, 0.29) is 29.5 Å². The number of amides is 1. The van der Waals surface area contributed by atoms with E-state index in [1.54, 1.807) is 13.0 Å². The molecule has 0 unspecified atom stereocenters. The lowest BCUT2D eigenvalue weighted by molar-refractivity contribution is -0.123. The second kappa shape index (κ2) is 6.98. The number of nitrogens with one attached hydrogen (secondary N) is 2. The Morgan fingerprint density at radius 2 is 2.09 bits per heavy atom. The molecule has 0 radical (unpaired) electrons. The Hall–Kier alpha value is -1.11. The van der Waals surface area contributed by atoms with Crippen LogP contribution in [-0.2, 0) is 14.6 Å². The van der Waals surface area contributed by atoms with Crippen LogP contribution in [0.5, 0.6) is 0 Å². The Morgan fingerprint density at radius 1 is 1.36 bits per heavy atom. The summed E-state index contributed by atoms with van der Waals surface area (Å²) in [6.07, 6.45) is 0.491. The second-order valence-electron chi connectivity index (χ2n) is 5.77. The van der Waals surface area contributed by atoms with Gasteiger partial charge in [0.1, 0.15) is 0 Å². The number of halogens is 1. The summed E-state index contributed by atoms with van der Waals surface area (Å²) in [5.41, 5.74) is 0.996. The average molecular weight is 345 g/mol. The second-order valence-corrected chi connectivity index (χ2v) is 8.44. The Morgan fingerprint density at radius 3 is 2.68 bits per heavy atom. The first-order valence-electron chi connectivity index (χ1n) is 7.29. The lowest BCUT2D eigenvalue weighted by Gasteiger charge is -2.21. The maximum atomic E-state index is 12.1. The number of carbonyl (C=O) groups is 1. The molecule has 1 aromatic carbocycles. The van der Waals surface area contributed by atoms with Crippen molar-refractivity contribution in [3.8, 4) is 0 Å². The fourth-order valence-electron chi connectivity index (χ4n) is 2.56. The van der Waals surface area contributed by atoms with E-state index in [1.165, 1.54) is 0 Å². The molecule has 122 valence electrons. The third-order valence-corrected chi connectivity index (χ3v) is 5.82. The first kappa shape index (κ1) is 17.2. The largest absolute Gasteiger partial charge is 0.351 e. The quantitative estimate of drug-likeness (QED) is 0.852. The summed E-state index contributed by atoms with van der Waals surface area (Å²) in [7, 11) is -2.99. The van der Waals surface area contributed by atoms with Crippen LogP contribution in [0, 0.1) is 0 Å². The average Bonchev–Trinajstić information content (AvgIpc) is 2.77. The zero-order valence-corrected chi connectivity index (χ0v) is 14.2. The molecular formula is C15H21ClN2O3S. The summed E-state index contributed by atoms with van der Waals surface area (Å²) in [5, 5.41) is 6.65. The van der Waals surface area contributed by atoms with E-state index in [4.69, 9.17) is 11.6 Å². The van der Waals surface area contributed by atoms with Crippen molar-refractivity contribution < 1.29 is 13.2 Å². The molecule has 1 saturated heterocycles. The molecule has 0 saturated carbocycles. The molecule has 1 heterocycles. The smallest absolute Gasteiger partial charge is 0.237 e. The number of benzene rings is 1. The van der Waals surface area contributed by atoms with E-state index in [0.29, 0.717) is 11.4 Å². The van der Waals surface area contributed by atoms with Crippen molar-refractivity contribution in [2.45, 2.75) is 38.4 Å². The van der Waals surface area contributed by atoms with Gasteiger partial charge >= 0.3 is 0 Å². The van der Waals surface area contributed by atoms with Crippen molar-refractivity contribution in [1.29, 1.82) is 0 Å². The van der Waals surface area contributed by atoms with Gasteiger partial charge in [-0.1, -0.05) is 23.7 Å². The molecule has 22 heavy (non-hydrogen) atoms. The summed E-state index contributed by atoms with van der Waals surface area (Å²) < 4.78 is 22.8. The number of carbonyl (C=O) groups excluding carboxylic acids is 1. The van der Waals surface area contributed by atoms with Crippen molar-refractivity contribution in [3.05, 3.63) is 34.9 Å². The molecule has 7 heteroatoms. The third kappa shape index (κ3) is 4.69. The maximum Gasteiger partial charge on any atom is 0.237 e. The fourth-order valence-corrected chi connectivity index (χ4v) is 4.43. The molecule has 1 aliphatic rings. The monoisotopic (exact) mass is 344 g/mol. The zero-order chi connectivity index (χ0) is 16.3. The summed E-state index contributed by atoms with van der Waals surface area (Å²) in [6.45, 7) is 3.72. The lowest BCUT2D eigenvalue weighted by Crippen LogP contribution is -2.47. The molecule has 1 aliphatic heterocycles. The van der Waals surface area contributed by atoms with E-state index in [1.807, 2.05) is 25.1 Å². The molecule has 1 amide bonds. The molecule has 1 aromatic rings. The van der Waals surface area contributed by atoms with Gasteiger partial charge in [-0.15, -0.1) is 0 Å². The highest BCUT2D eigenvalue weighted by molar-refractivity contribution is 7.91. The summed E-state index contributed by atoms with van der Waals surface area (Å²) in [5.74, 6) is 0.00419. The predicted molar refractivity (Wildman–Crippen MR) is 87.7 cm³/mol. The highest BCUT2D eigenvalue weighted by Crippen LogP contribution is 2.18. The van der Waals surface area contributed by atoms with Gasteiger partial charge < -0.3 is 5.32 Å². The van der Waals surface area contributed by atoms with E-state index in [2.05, 4.69) is 10.6 Å². The van der Waals surface area contributed by atoms with Crippen LogP contribution in [0.1, 0.15) is 31.9 Å². The molecule has 5 nitrogen and oxygen atoms in total. The van der Waals surface area contributed by atoms with E-state index < -0.39 is 15.9 Å². The molecule has 0 spiro atoms. The molecule has 2 rings (SSSR count). The van der Waals surface area contributed by atoms with Crippen LogP contribution in [0.2, 0.25) is 5.02 Å². The highest BCUT2D eigenvalue weighted by Gasteiger charge is 2.30. The third-order valence-electron chi connectivity index (χ3n) is 3.82. The summed E-state index contributed by atoms with van der Waals surface area (Å²) in [4.78, 5) is 12.1. The van der Waals surface area contributed by atoms with Gasteiger partial charge in [0.25, 0.3) is 0 Å². The van der Waals surface area contributed by atoms with Gasteiger partial charge in [0.2, 0.25) is 5.91 Å². The first-order valence-corrected chi connectivity index (χ1v) is 9.49.